The van der Waals surface area contributed by atoms with Gasteiger partial charge in [-0.15, -0.1) is 0 Å². The van der Waals surface area contributed by atoms with Crippen molar-refractivity contribution in [1.82, 2.24) is 14.9 Å². The first-order chi connectivity index (χ1) is 8.15. The zero-order valence-corrected chi connectivity index (χ0v) is 11.3. The highest BCUT2D eigenvalue weighted by atomic mass is 16.5. The molecule has 17 heavy (non-hydrogen) atoms. The number of hydrogen-bond donors (Lipinski definition) is 1. The number of rotatable bonds is 4. The van der Waals surface area contributed by atoms with Crippen LogP contribution in [0.1, 0.15) is 49.9 Å². The summed E-state index contributed by atoms with van der Waals surface area (Å²) in [5.74, 6) is 1.66. The van der Waals surface area contributed by atoms with Crippen molar-refractivity contribution in [3.63, 3.8) is 0 Å². The molecule has 1 atom stereocenters. The molecule has 2 heterocycles. The molecule has 0 spiro atoms. The van der Waals surface area contributed by atoms with Crippen LogP contribution in [-0.2, 0) is 17.7 Å². The summed E-state index contributed by atoms with van der Waals surface area (Å²) in [5, 5.41) is 3.38. The normalized spacial score (nSPS) is 17.2. The Balaban J connectivity index is 2.41. The molecule has 4 heteroatoms. The molecule has 1 N–H and O–H groups in total. The van der Waals surface area contributed by atoms with E-state index in [1.165, 1.54) is 17.2 Å². The molecule has 1 aliphatic heterocycles. The van der Waals surface area contributed by atoms with Crippen LogP contribution in [0.4, 0.5) is 0 Å². The molecular weight excluding hydrogens is 214 g/mol. The summed E-state index contributed by atoms with van der Waals surface area (Å²) < 4.78 is 7.68. The van der Waals surface area contributed by atoms with Crippen LogP contribution in [0.3, 0.4) is 0 Å². The molecule has 1 aromatic rings. The van der Waals surface area contributed by atoms with Gasteiger partial charge < -0.3 is 14.6 Å². The van der Waals surface area contributed by atoms with E-state index in [9.17, 15) is 0 Å². The maximum atomic E-state index is 5.29. The van der Waals surface area contributed by atoms with Crippen molar-refractivity contribution in [2.45, 2.75) is 45.7 Å². The van der Waals surface area contributed by atoms with Gasteiger partial charge in [0.2, 0.25) is 0 Å². The van der Waals surface area contributed by atoms with Gasteiger partial charge in [0.1, 0.15) is 5.82 Å². The Hall–Kier alpha value is -0.870. The largest absolute Gasteiger partial charge is 0.383 e. The number of aromatic nitrogens is 2. The smallest absolute Gasteiger partial charge is 0.112 e. The Bertz CT molecular complexity index is 384. The Morgan fingerprint density at radius 2 is 2.18 bits per heavy atom. The van der Waals surface area contributed by atoms with Gasteiger partial charge in [-0.05, 0) is 6.92 Å². The fourth-order valence-electron chi connectivity index (χ4n) is 2.57. The van der Waals surface area contributed by atoms with Gasteiger partial charge in [-0.25, -0.2) is 4.98 Å². The Kier molecular flexibility index (Phi) is 3.84. The second-order valence-corrected chi connectivity index (χ2v) is 5.12. The Morgan fingerprint density at radius 1 is 1.41 bits per heavy atom. The minimum Gasteiger partial charge on any atom is -0.383 e. The summed E-state index contributed by atoms with van der Waals surface area (Å²) in [6, 6.07) is 0.367. The number of fused-ring (bicyclic) bond motifs is 1. The number of nitrogens with zero attached hydrogens (tertiary/aromatic N) is 2. The molecule has 0 bridgehead atoms. The number of ether oxygens (including phenoxy) is 1. The molecule has 4 nitrogen and oxygen atoms in total. The Labute approximate surface area is 103 Å². The highest BCUT2D eigenvalue weighted by Gasteiger charge is 2.23. The van der Waals surface area contributed by atoms with Gasteiger partial charge in [0, 0.05) is 38.2 Å². The first-order valence-electron chi connectivity index (χ1n) is 6.44. The molecule has 0 aliphatic carbocycles. The summed E-state index contributed by atoms with van der Waals surface area (Å²) in [5.41, 5.74) is 2.62. The summed E-state index contributed by atoms with van der Waals surface area (Å²) in [7, 11) is 1.76. The van der Waals surface area contributed by atoms with Crippen LogP contribution in [0, 0.1) is 0 Å². The molecule has 2 rings (SSSR count). The first-order valence-corrected chi connectivity index (χ1v) is 6.44. The molecule has 0 saturated heterocycles. The minimum absolute atomic E-state index is 0.367. The van der Waals surface area contributed by atoms with Crippen molar-refractivity contribution in [1.29, 1.82) is 0 Å². The molecule has 1 unspecified atom stereocenters. The van der Waals surface area contributed by atoms with Crippen LogP contribution in [0.15, 0.2) is 0 Å². The maximum absolute atomic E-state index is 5.29. The quantitative estimate of drug-likeness (QED) is 0.868. The predicted octanol–water partition coefficient (Wildman–Crippen LogP) is 1.86. The van der Waals surface area contributed by atoms with E-state index in [4.69, 9.17) is 9.72 Å². The van der Waals surface area contributed by atoms with Gasteiger partial charge in [-0.2, -0.15) is 0 Å². The highest BCUT2D eigenvalue weighted by Crippen LogP contribution is 2.25. The van der Waals surface area contributed by atoms with Crippen LogP contribution in [0.2, 0.25) is 0 Å². The topological polar surface area (TPSA) is 39.1 Å². The standard InChI is InChI=1S/C13H23N3O/c1-9(2)13-15-11-7-14-6-5-12(11)16(13)10(3)8-17-4/h9-10,14H,5-8H2,1-4H3. The second-order valence-electron chi connectivity index (χ2n) is 5.12. The van der Waals surface area contributed by atoms with Crippen LogP contribution in [0.5, 0.6) is 0 Å². The lowest BCUT2D eigenvalue weighted by atomic mass is 10.1. The Morgan fingerprint density at radius 3 is 2.82 bits per heavy atom. The summed E-state index contributed by atoms with van der Waals surface area (Å²) in [6.45, 7) is 9.32. The van der Waals surface area contributed by atoms with Crippen molar-refractivity contribution in [2.24, 2.45) is 0 Å². The van der Waals surface area contributed by atoms with Gasteiger partial charge in [-0.1, -0.05) is 13.8 Å². The average Bonchev–Trinajstić information content (AvgIpc) is 2.68. The highest BCUT2D eigenvalue weighted by molar-refractivity contribution is 5.22. The number of nitrogens with one attached hydrogen (secondary N) is 1. The van der Waals surface area contributed by atoms with Crippen molar-refractivity contribution < 1.29 is 4.74 Å². The zero-order chi connectivity index (χ0) is 12.4. The van der Waals surface area contributed by atoms with E-state index < -0.39 is 0 Å². The van der Waals surface area contributed by atoms with Gasteiger partial charge in [0.05, 0.1) is 18.3 Å². The molecule has 0 radical (unpaired) electrons. The molecule has 0 saturated carbocycles. The fourth-order valence-corrected chi connectivity index (χ4v) is 2.57. The third kappa shape index (κ3) is 2.38. The van der Waals surface area contributed by atoms with Crippen LogP contribution in [-0.4, -0.2) is 29.8 Å². The molecule has 96 valence electrons. The van der Waals surface area contributed by atoms with E-state index in [1.54, 1.807) is 7.11 Å². The van der Waals surface area contributed by atoms with Crippen LogP contribution in [0.25, 0.3) is 0 Å². The lowest BCUT2D eigenvalue weighted by Gasteiger charge is -2.22. The summed E-state index contributed by atoms with van der Waals surface area (Å²) in [4.78, 5) is 4.80. The summed E-state index contributed by atoms with van der Waals surface area (Å²) in [6.07, 6.45) is 1.07. The van der Waals surface area contributed by atoms with Crippen molar-refractivity contribution in [3.05, 3.63) is 17.2 Å². The van der Waals surface area contributed by atoms with Gasteiger partial charge in [-0.3, -0.25) is 0 Å². The molecule has 1 aromatic heterocycles. The maximum Gasteiger partial charge on any atom is 0.112 e. The zero-order valence-electron chi connectivity index (χ0n) is 11.3. The van der Waals surface area contributed by atoms with Gasteiger partial charge in [0.15, 0.2) is 0 Å². The van der Waals surface area contributed by atoms with E-state index in [-0.39, 0.29) is 0 Å². The minimum atomic E-state index is 0.367. The molecular formula is C13H23N3O. The van der Waals surface area contributed by atoms with E-state index in [0.717, 1.165) is 26.1 Å². The van der Waals surface area contributed by atoms with Crippen LogP contribution < -0.4 is 5.32 Å². The SMILES string of the molecule is COCC(C)n1c(C(C)C)nc2c1CCNC2. The molecule has 1 aliphatic rings. The van der Waals surface area contributed by atoms with E-state index in [0.29, 0.717) is 12.0 Å². The predicted molar refractivity (Wildman–Crippen MR) is 68.3 cm³/mol. The fraction of sp³-hybridized carbons (Fsp3) is 0.769. The number of hydrogen-bond acceptors (Lipinski definition) is 3. The first kappa shape index (κ1) is 12.6. The average molecular weight is 237 g/mol. The lowest BCUT2D eigenvalue weighted by molar-refractivity contribution is 0.159. The van der Waals surface area contributed by atoms with Crippen molar-refractivity contribution in [2.75, 3.05) is 20.3 Å². The van der Waals surface area contributed by atoms with Crippen LogP contribution >= 0.6 is 0 Å². The monoisotopic (exact) mass is 237 g/mol. The lowest BCUT2D eigenvalue weighted by Crippen LogP contribution is -2.26. The van der Waals surface area contributed by atoms with E-state index in [1.807, 2.05) is 0 Å². The number of imidazole rings is 1. The van der Waals surface area contributed by atoms with E-state index in [2.05, 4.69) is 30.7 Å². The molecule has 0 fully saturated rings. The number of methoxy groups -OCH3 is 1. The second kappa shape index (κ2) is 5.19. The van der Waals surface area contributed by atoms with Crippen molar-refractivity contribution >= 4 is 0 Å². The van der Waals surface area contributed by atoms with Gasteiger partial charge in [0.25, 0.3) is 0 Å². The molecule has 0 aromatic carbocycles. The van der Waals surface area contributed by atoms with Crippen molar-refractivity contribution in [3.8, 4) is 0 Å². The molecule has 0 amide bonds. The third-order valence-corrected chi connectivity index (χ3v) is 3.32. The summed E-state index contributed by atoms with van der Waals surface area (Å²) >= 11 is 0. The third-order valence-electron chi connectivity index (χ3n) is 3.32. The van der Waals surface area contributed by atoms with Gasteiger partial charge >= 0.3 is 0 Å². The van der Waals surface area contributed by atoms with E-state index >= 15 is 0 Å².